The van der Waals surface area contributed by atoms with Crippen LogP contribution in [0.1, 0.15) is 43.2 Å². The Morgan fingerprint density at radius 3 is 2.96 bits per heavy atom. The summed E-state index contributed by atoms with van der Waals surface area (Å²) in [5, 5.41) is 0. The highest BCUT2D eigenvalue weighted by atomic mass is 19.1. The van der Waals surface area contributed by atoms with Crippen molar-refractivity contribution in [3.63, 3.8) is 0 Å². The van der Waals surface area contributed by atoms with E-state index in [9.17, 15) is 4.39 Å². The van der Waals surface area contributed by atoms with E-state index in [1.807, 2.05) is 6.07 Å². The maximum atomic E-state index is 15.0. The third kappa shape index (κ3) is 1.79. The van der Waals surface area contributed by atoms with E-state index in [-0.39, 0.29) is 11.5 Å². The molecule has 3 fully saturated rings. The molecule has 2 bridgehead atoms. The average Bonchev–Trinajstić information content (AvgIpc) is 3.36. The molecular formula is C21H26FNO2. The topological polar surface area (TPSA) is 21.7 Å². The molecule has 0 amide bonds. The number of piperidine rings is 1. The van der Waals surface area contributed by atoms with Crippen LogP contribution in [-0.4, -0.2) is 43.4 Å². The van der Waals surface area contributed by atoms with E-state index in [0.29, 0.717) is 18.4 Å². The molecule has 0 N–H and O–H groups in total. The highest BCUT2D eigenvalue weighted by Gasteiger charge is 2.66. The summed E-state index contributed by atoms with van der Waals surface area (Å²) in [5.41, 5.74) is 2.58. The van der Waals surface area contributed by atoms with Gasteiger partial charge in [0.15, 0.2) is 11.5 Å². The first-order chi connectivity index (χ1) is 12.2. The quantitative estimate of drug-likeness (QED) is 0.839. The molecule has 5 aliphatic rings. The van der Waals surface area contributed by atoms with Gasteiger partial charge in [0.05, 0.1) is 7.11 Å². The molecule has 3 unspecified atom stereocenters. The molecule has 1 saturated heterocycles. The maximum Gasteiger partial charge on any atom is 0.165 e. The van der Waals surface area contributed by atoms with Crippen molar-refractivity contribution in [3.05, 3.63) is 23.3 Å². The lowest BCUT2D eigenvalue weighted by molar-refractivity contribution is -0.0833. The number of rotatable bonds is 3. The van der Waals surface area contributed by atoms with Gasteiger partial charge >= 0.3 is 0 Å². The first-order valence-electron chi connectivity index (χ1n) is 9.97. The van der Waals surface area contributed by atoms with Crippen LogP contribution >= 0.6 is 0 Å². The molecule has 1 spiro atoms. The summed E-state index contributed by atoms with van der Waals surface area (Å²) in [5.74, 6) is 3.09. The monoisotopic (exact) mass is 343 g/mol. The fourth-order valence-corrected chi connectivity index (χ4v) is 6.57. The molecular weight excluding hydrogens is 317 g/mol. The van der Waals surface area contributed by atoms with Crippen LogP contribution in [0.4, 0.5) is 4.39 Å². The molecule has 1 aromatic carbocycles. The van der Waals surface area contributed by atoms with Crippen molar-refractivity contribution < 1.29 is 13.9 Å². The van der Waals surface area contributed by atoms with Crippen molar-refractivity contribution >= 4 is 0 Å². The average molecular weight is 343 g/mol. The number of benzene rings is 1. The molecule has 1 aromatic rings. The van der Waals surface area contributed by atoms with Crippen molar-refractivity contribution in [2.75, 3.05) is 20.2 Å². The Morgan fingerprint density at radius 1 is 1.28 bits per heavy atom. The van der Waals surface area contributed by atoms with Gasteiger partial charge in [-0.3, -0.25) is 4.90 Å². The van der Waals surface area contributed by atoms with Gasteiger partial charge in [-0.05, 0) is 68.5 Å². The summed E-state index contributed by atoms with van der Waals surface area (Å²) in [4.78, 5) is 2.74. The highest BCUT2D eigenvalue weighted by Crippen LogP contribution is 2.64. The molecule has 2 saturated carbocycles. The lowest BCUT2D eigenvalue weighted by Gasteiger charge is -2.58. The fraction of sp³-hybridized carbons (Fsp3) is 0.714. The van der Waals surface area contributed by atoms with Gasteiger partial charge in [-0.1, -0.05) is 6.07 Å². The van der Waals surface area contributed by atoms with Crippen LogP contribution in [-0.2, 0) is 11.8 Å². The number of hydrogen-bond acceptors (Lipinski definition) is 3. The van der Waals surface area contributed by atoms with Crippen LogP contribution < -0.4 is 9.47 Å². The summed E-state index contributed by atoms with van der Waals surface area (Å²) in [6.07, 6.45) is 5.43. The molecule has 2 heterocycles. The van der Waals surface area contributed by atoms with Gasteiger partial charge in [0, 0.05) is 23.6 Å². The molecule has 0 aromatic heterocycles. The minimum Gasteiger partial charge on any atom is -0.493 e. The van der Waals surface area contributed by atoms with Gasteiger partial charge in [-0.15, -0.1) is 0 Å². The third-order valence-corrected chi connectivity index (χ3v) is 7.75. The van der Waals surface area contributed by atoms with Crippen LogP contribution in [0.5, 0.6) is 11.5 Å². The minimum atomic E-state index is -0.852. The zero-order chi connectivity index (χ0) is 16.8. The number of likely N-dealkylation sites (tertiary alicyclic amines) is 1. The van der Waals surface area contributed by atoms with E-state index < -0.39 is 6.17 Å². The van der Waals surface area contributed by atoms with Crippen LogP contribution in [0.15, 0.2) is 12.1 Å². The van der Waals surface area contributed by atoms with E-state index >= 15 is 0 Å². The van der Waals surface area contributed by atoms with Crippen LogP contribution in [0, 0.1) is 11.8 Å². The van der Waals surface area contributed by atoms with E-state index in [4.69, 9.17) is 9.47 Å². The zero-order valence-corrected chi connectivity index (χ0v) is 14.8. The van der Waals surface area contributed by atoms with Crippen LogP contribution in [0.25, 0.3) is 0 Å². The summed E-state index contributed by atoms with van der Waals surface area (Å²) < 4.78 is 26.9. The zero-order valence-electron chi connectivity index (χ0n) is 14.8. The Hall–Kier alpha value is -1.29. The molecule has 134 valence electrons. The van der Waals surface area contributed by atoms with Gasteiger partial charge in [0.2, 0.25) is 0 Å². The van der Waals surface area contributed by atoms with E-state index in [0.717, 1.165) is 43.2 Å². The Labute approximate surface area is 148 Å². The molecule has 2 aliphatic heterocycles. The van der Waals surface area contributed by atoms with Crippen LogP contribution in [0.2, 0.25) is 0 Å². The van der Waals surface area contributed by atoms with E-state index in [1.54, 1.807) is 7.11 Å². The second-order valence-corrected chi connectivity index (χ2v) is 8.87. The summed E-state index contributed by atoms with van der Waals surface area (Å²) in [6, 6.07) is 4.81. The van der Waals surface area contributed by atoms with Gasteiger partial charge in [-0.2, -0.15) is 0 Å². The number of nitrogens with zero attached hydrogens (tertiary/aromatic N) is 1. The predicted octanol–water partition coefficient (Wildman–Crippen LogP) is 3.48. The molecule has 25 heavy (non-hydrogen) atoms. The lowest BCUT2D eigenvalue weighted by atomic mass is 9.51. The Balaban J connectivity index is 1.52. The fourth-order valence-electron chi connectivity index (χ4n) is 6.57. The molecule has 3 nitrogen and oxygen atoms in total. The standard InChI is InChI=1S/C21H26FNO2/c1-24-17-7-4-13-10-16-14-5-6-15(22)20-21(14,18(13)19(17)25-20)8-9-23(16)11-12-2-3-12/h4,7,12,14-16,20H,2-3,5-6,8-11H2,1H3/t14?,15?,16-,20+,21?/m0/s1. The van der Waals surface area contributed by atoms with E-state index in [1.165, 1.54) is 30.5 Å². The van der Waals surface area contributed by atoms with Gasteiger partial charge < -0.3 is 9.47 Å². The van der Waals surface area contributed by atoms with Crippen molar-refractivity contribution in [3.8, 4) is 11.5 Å². The molecule has 3 aliphatic carbocycles. The summed E-state index contributed by atoms with van der Waals surface area (Å²) >= 11 is 0. The van der Waals surface area contributed by atoms with Gasteiger partial charge in [0.25, 0.3) is 0 Å². The maximum absolute atomic E-state index is 15.0. The first-order valence-corrected chi connectivity index (χ1v) is 9.97. The number of hydrogen-bond donors (Lipinski definition) is 0. The number of methoxy groups -OCH3 is 1. The molecule has 4 heteroatoms. The predicted molar refractivity (Wildman–Crippen MR) is 93.1 cm³/mol. The highest BCUT2D eigenvalue weighted by molar-refractivity contribution is 5.61. The Morgan fingerprint density at radius 2 is 2.16 bits per heavy atom. The molecule has 6 rings (SSSR count). The number of alkyl halides is 1. The minimum absolute atomic E-state index is 0.111. The largest absolute Gasteiger partial charge is 0.493 e. The van der Waals surface area contributed by atoms with Crippen molar-refractivity contribution in [1.82, 2.24) is 4.90 Å². The van der Waals surface area contributed by atoms with E-state index in [2.05, 4.69) is 11.0 Å². The number of ether oxygens (including phenoxy) is 2. The van der Waals surface area contributed by atoms with Gasteiger partial charge in [0.1, 0.15) is 12.3 Å². The Bertz CT molecular complexity index is 733. The second-order valence-electron chi connectivity index (χ2n) is 8.87. The SMILES string of the molecule is COc1ccc2c3c1O[C@@H]1C(F)CCC4[C@H](C2)N(CC2CC2)CCC341. The smallest absolute Gasteiger partial charge is 0.165 e. The first kappa shape index (κ1) is 14.8. The summed E-state index contributed by atoms with van der Waals surface area (Å²) in [6.45, 7) is 2.35. The normalized spacial score (nSPS) is 41.2. The third-order valence-electron chi connectivity index (χ3n) is 7.75. The van der Waals surface area contributed by atoms with Crippen LogP contribution in [0.3, 0.4) is 0 Å². The second kappa shape index (κ2) is 4.91. The van der Waals surface area contributed by atoms with Crippen molar-refractivity contribution in [2.24, 2.45) is 11.8 Å². The number of halogens is 1. The van der Waals surface area contributed by atoms with Crippen molar-refractivity contribution in [1.29, 1.82) is 0 Å². The lowest BCUT2D eigenvalue weighted by Crippen LogP contribution is -2.66. The molecule has 5 atom stereocenters. The molecule has 0 radical (unpaired) electrons. The summed E-state index contributed by atoms with van der Waals surface area (Å²) in [7, 11) is 1.69. The van der Waals surface area contributed by atoms with Gasteiger partial charge in [-0.25, -0.2) is 4.39 Å². The Kier molecular flexibility index (Phi) is 2.91. The van der Waals surface area contributed by atoms with Crippen molar-refractivity contribution in [2.45, 2.75) is 62.3 Å².